The lowest BCUT2D eigenvalue weighted by atomic mass is 9.93. The standard InChI is InChI=1S/C13H15BrO4/c1-7-9(17-2)6-8(11(18-3)10(7)14)13(4-5-13)12(15)16/h6H,4-5H2,1-3H3,(H,15,16). The number of hydrogen-bond donors (Lipinski definition) is 1. The summed E-state index contributed by atoms with van der Waals surface area (Å²) < 4.78 is 11.4. The molecule has 0 amide bonds. The zero-order valence-corrected chi connectivity index (χ0v) is 12.1. The van der Waals surface area contributed by atoms with Crippen molar-refractivity contribution in [3.05, 3.63) is 21.7 Å². The van der Waals surface area contributed by atoms with Gasteiger partial charge in [-0.2, -0.15) is 0 Å². The molecule has 98 valence electrons. The second kappa shape index (κ2) is 4.46. The van der Waals surface area contributed by atoms with Gasteiger partial charge in [0.1, 0.15) is 11.5 Å². The van der Waals surface area contributed by atoms with Crippen LogP contribution in [0.3, 0.4) is 0 Å². The number of benzene rings is 1. The van der Waals surface area contributed by atoms with Crippen molar-refractivity contribution in [2.45, 2.75) is 25.2 Å². The van der Waals surface area contributed by atoms with Gasteiger partial charge in [0.05, 0.1) is 24.1 Å². The highest BCUT2D eigenvalue weighted by atomic mass is 79.9. The van der Waals surface area contributed by atoms with E-state index in [0.717, 1.165) is 10.0 Å². The lowest BCUT2D eigenvalue weighted by Gasteiger charge is -2.19. The Kier molecular flexibility index (Phi) is 3.27. The molecule has 0 saturated heterocycles. The molecule has 1 saturated carbocycles. The molecule has 4 nitrogen and oxygen atoms in total. The van der Waals surface area contributed by atoms with Crippen LogP contribution >= 0.6 is 15.9 Å². The van der Waals surface area contributed by atoms with Crippen molar-refractivity contribution in [1.82, 2.24) is 0 Å². The van der Waals surface area contributed by atoms with Gasteiger partial charge in [-0.15, -0.1) is 0 Å². The highest BCUT2D eigenvalue weighted by molar-refractivity contribution is 9.10. The molecule has 0 aromatic heterocycles. The van der Waals surface area contributed by atoms with Gasteiger partial charge in [0.15, 0.2) is 0 Å². The van der Waals surface area contributed by atoms with Gasteiger partial charge < -0.3 is 14.6 Å². The zero-order chi connectivity index (χ0) is 13.5. The first kappa shape index (κ1) is 13.2. The van der Waals surface area contributed by atoms with E-state index in [1.807, 2.05) is 6.92 Å². The van der Waals surface area contributed by atoms with E-state index in [1.165, 1.54) is 0 Å². The third-order valence-corrected chi connectivity index (χ3v) is 4.47. The Morgan fingerprint density at radius 1 is 1.39 bits per heavy atom. The number of carbonyl (C=O) groups is 1. The molecule has 1 aromatic rings. The molecule has 1 aromatic carbocycles. The monoisotopic (exact) mass is 314 g/mol. The fourth-order valence-corrected chi connectivity index (χ4v) is 2.76. The molecular formula is C13H15BrO4. The maximum Gasteiger partial charge on any atom is 0.314 e. The quantitative estimate of drug-likeness (QED) is 0.928. The van der Waals surface area contributed by atoms with Crippen LogP contribution in [-0.4, -0.2) is 25.3 Å². The van der Waals surface area contributed by atoms with Crippen LogP contribution in [0.4, 0.5) is 0 Å². The van der Waals surface area contributed by atoms with Gasteiger partial charge in [0, 0.05) is 11.1 Å². The molecule has 5 heteroatoms. The van der Waals surface area contributed by atoms with Gasteiger partial charge >= 0.3 is 5.97 Å². The van der Waals surface area contributed by atoms with E-state index < -0.39 is 11.4 Å². The zero-order valence-electron chi connectivity index (χ0n) is 10.5. The van der Waals surface area contributed by atoms with E-state index in [9.17, 15) is 9.90 Å². The predicted octanol–water partition coefficient (Wildman–Crippen LogP) is 2.89. The minimum absolute atomic E-state index is 0.591. The van der Waals surface area contributed by atoms with Gasteiger partial charge in [-0.25, -0.2) is 0 Å². The Hall–Kier alpha value is -1.23. The molecule has 0 heterocycles. The fourth-order valence-electron chi connectivity index (χ4n) is 2.19. The number of carboxylic acid groups (broad SMARTS) is 1. The molecule has 2 rings (SSSR count). The third kappa shape index (κ3) is 1.77. The minimum Gasteiger partial charge on any atom is -0.496 e. The maximum absolute atomic E-state index is 11.4. The first-order valence-electron chi connectivity index (χ1n) is 5.63. The van der Waals surface area contributed by atoms with Gasteiger partial charge in [-0.05, 0) is 41.8 Å². The summed E-state index contributed by atoms with van der Waals surface area (Å²) in [5.41, 5.74) is 0.778. The first-order chi connectivity index (χ1) is 8.47. The number of methoxy groups -OCH3 is 2. The lowest BCUT2D eigenvalue weighted by molar-refractivity contribution is -0.140. The van der Waals surface area contributed by atoms with Crippen molar-refractivity contribution in [3.8, 4) is 11.5 Å². The number of rotatable bonds is 4. The number of ether oxygens (including phenoxy) is 2. The molecule has 1 fully saturated rings. The average molecular weight is 315 g/mol. The highest BCUT2D eigenvalue weighted by Crippen LogP contribution is 2.54. The van der Waals surface area contributed by atoms with Crippen molar-refractivity contribution >= 4 is 21.9 Å². The van der Waals surface area contributed by atoms with Crippen LogP contribution in [0, 0.1) is 6.92 Å². The summed E-state index contributed by atoms with van der Waals surface area (Å²) in [4.78, 5) is 11.4. The van der Waals surface area contributed by atoms with Crippen molar-refractivity contribution in [3.63, 3.8) is 0 Å². The van der Waals surface area contributed by atoms with Crippen LogP contribution in [0.5, 0.6) is 11.5 Å². The van der Waals surface area contributed by atoms with Crippen molar-refractivity contribution in [2.24, 2.45) is 0 Å². The fraction of sp³-hybridized carbons (Fsp3) is 0.462. The smallest absolute Gasteiger partial charge is 0.314 e. The number of aliphatic carboxylic acids is 1. The van der Waals surface area contributed by atoms with Crippen molar-refractivity contribution in [1.29, 1.82) is 0 Å². The van der Waals surface area contributed by atoms with Crippen molar-refractivity contribution < 1.29 is 19.4 Å². The summed E-state index contributed by atoms with van der Waals surface area (Å²) in [6.45, 7) is 1.90. The van der Waals surface area contributed by atoms with Crippen LogP contribution in [0.25, 0.3) is 0 Å². The van der Waals surface area contributed by atoms with Crippen LogP contribution in [0.2, 0.25) is 0 Å². The maximum atomic E-state index is 11.4. The van der Waals surface area contributed by atoms with E-state index in [4.69, 9.17) is 9.47 Å². The van der Waals surface area contributed by atoms with Crippen LogP contribution in [0.15, 0.2) is 10.5 Å². The van der Waals surface area contributed by atoms with E-state index >= 15 is 0 Å². The molecule has 0 bridgehead atoms. The molecule has 0 radical (unpaired) electrons. The van der Waals surface area contributed by atoms with Crippen LogP contribution in [0.1, 0.15) is 24.0 Å². The SMILES string of the molecule is COc1cc(C2(C(=O)O)CC2)c(OC)c(Br)c1C. The largest absolute Gasteiger partial charge is 0.496 e. The van der Waals surface area contributed by atoms with Crippen LogP contribution in [-0.2, 0) is 10.2 Å². The second-order valence-electron chi connectivity index (χ2n) is 4.49. The third-order valence-electron chi connectivity index (χ3n) is 3.52. The average Bonchev–Trinajstić information content (AvgIpc) is 3.13. The second-order valence-corrected chi connectivity index (χ2v) is 5.28. The van der Waals surface area contributed by atoms with Gasteiger partial charge in [-0.3, -0.25) is 4.79 Å². The molecule has 1 N–H and O–H groups in total. The first-order valence-corrected chi connectivity index (χ1v) is 6.42. The topological polar surface area (TPSA) is 55.8 Å². The van der Waals surface area contributed by atoms with Gasteiger partial charge in [-0.1, -0.05) is 0 Å². The molecule has 18 heavy (non-hydrogen) atoms. The van der Waals surface area contributed by atoms with E-state index in [0.29, 0.717) is 29.9 Å². The van der Waals surface area contributed by atoms with Crippen molar-refractivity contribution in [2.75, 3.05) is 14.2 Å². The molecule has 0 atom stereocenters. The summed E-state index contributed by atoms with van der Waals surface area (Å²) in [6, 6.07) is 1.78. The molecule has 0 unspecified atom stereocenters. The lowest BCUT2D eigenvalue weighted by Crippen LogP contribution is -2.20. The number of carboxylic acids is 1. The Morgan fingerprint density at radius 3 is 2.39 bits per heavy atom. The summed E-state index contributed by atoms with van der Waals surface area (Å²) in [7, 11) is 3.12. The van der Waals surface area contributed by atoms with E-state index in [-0.39, 0.29) is 0 Å². The molecule has 0 aliphatic heterocycles. The Bertz CT molecular complexity index is 506. The number of halogens is 1. The summed E-state index contributed by atoms with van der Waals surface area (Å²) in [5.74, 6) is 0.456. The summed E-state index contributed by atoms with van der Waals surface area (Å²) in [5, 5.41) is 9.39. The van der Waals surface area contributed by atoms with Gasteiger partial charge in [0.2, 0.25) is 0 Å². The minimum atomic E-state index is -0.811. The molecule has 1 aliphatic rings. The van der Waals surface area contributed by atoms with E-state index in [1.54, 1.807) is 20.3 Å². The Balaban J connectivity index is 2.67. The van der Waals surface area contributed by atoms with E-state index in [2.05, 4.69) is 15.9 Å². The molecular weight excluding hydrogens is 300 g/mol. The predicted molar refractivity (Wildman–Crippen MR) is 70.5 cm³/mol. The summed E-state index contributed by atoms with van der Waals surface area (Å²) in [6.07, 6.45) is 1.27. The summed E-state index contributed by atoms with van der Waals surface area (Å²) >= 11 is 3.45. The molecule has 0 spiro atoms. The van der Waals surface area contributed by atoms with Crippen LogP contribution < -0.4 is 9.47 Å². The van der Waals surface area contributed by atoms with Gasteiger partial charge in [0.25, 0.3) is 0 Å². The Morgan fingerprint density at radius 2 is 2.00 bits per heavy atom. The number of hydrogen-bond acceptors (Lipinski definition) is 3. The normalized spacial score (nSPS) is 16.2. The highest BCUT2D eigenvalue weighted by Gasteiger charge is 2.54. The Labute approximate surface area is 114 Å². The molecule has 1 aliphatic carbocycles.